The number of amides is 1. The smallest absolute Gasteiger partial charge is 0.255 e. The summed E-state index contributed by atoms with van der Waals surface area (Å²) in [6, 6.07) is 10.5. The third-order valence-corrected chi connectivity index (χ3v) is 3.13. The molecule has 0 aliphatic heterocycles. The Bertz CT molecular complexity index is 836. The van der Waals surface area contributed by atoms with Crippen LogP contribution in [0.1, 0.15) is 10.4 Å². The fourth-order valence-corrected chi connectivity index (χ4v) is 2.04. The van der Waals surface area contributed by atoms with Crippen LogP contribution in [0.4, 0.5) is 10.1 Å². The zero-order valence-electron chi connectivity index (χ0n) is 12.1. The molecule has 0 saturated carbocycles. The van der Waals surface area contributed by atoms with Gasteiger partial charge in [-0.1, -0.05) is 6.07 Å². The summed E-state index contributed by atoms with van der Waals surface area (Å²) in [5.41, 5.74) is 1.20. The first-order chi connectivity index (χ1) is 11.2. The highest BCUT2D eigenvalue weighted by Crippen LogP contribution is 2.25. The highest BCUT2D eigenvalue weighted by Gasteiger charge is 2.13. The van der Waals surface area contributed by atoms with E-state index in [1.807, 2.05) is 0 Å². The number of rotatable bonds is 4. The number of nitrogens with zero attached hydrogens (tertiary/aromatic N) is 4. The third-order valence-electron chi connectivity index (χ3n) is 3.13. The molecule has 0 bridgehead atoms. The van der Waals surface area contributed by atoms with Crippen LogP contribution in [0, 0.1) is 5.82 Å². The minimum atomic E-state index is -0.482. The van der Waals surface area contributed by atoms with Crippen LogP contribution in [0.3, 0.4) is 0 Å². The van der Waals surface area contributed by atoms with Crippen LogP contribution in [-0.2, 0) is 0 Å². The Morgan fingerprint density at radius 3 is 2.83 bits per heavy atom. The van der Waals surface area contributed by atoms with Crippen molar-refractivity contribution in [3.63, 3.8) is 0 Å². The number of anilines is 1. The average Bonchev–Trinajstić information content (AvgIpc) is 3.09. The lowest BCUT2D eigenvalue weighted by molar-refractivity contribution is 0.102. The van der Waals surface area contributed by atoms with Crippen molar-refractivity contribution in [2.24, 2.45) is 0 Å². The number of methoxy groups -OCH3 is 1. The molecule has 1 N–H and O–H groups in total. The summed E-state index contributed by atoms with van der Waals surface area (Å²) < 4.78 is 19.8. The van der Waals surface area contributed by atoms with E-state index in [1.54, 1.807) is 18.2 Å². The summed E-state index contributed by atoms with van der Waals surface area (Å²) in [5.74, 6) is -0.382. The van der Waals surface area contributed by atoms with Crippen molar-refractivity contribution in [3.8, 4) is 11.4 Å². The van der Waals surface area contributed by atoms with Gasteiger partial charge in [0, 0.05) is 11.6 Å². The Kier molecular flexibility index (Phi) is 3.96. The van der Waals surface area contributed by atoms with Crippen LogP contribution in [0.2, 0.25) is 0 Å². The van der Waals surface area contributed by atoms with Crippen molar-refractivity contribution in [2.75, 3.05) is 12.4 Å². The standard InChI is InChI=1S/C15H12FN5O2/c1-23-12-5-6-14(21-9-17-19-20-21)13(8-12)18-15(22)10-3-2-4-11(16)7-10/h2-9H,1H3,(H,18,22). The number of carbonyl (C=O) groups excluding carboxylic acids is 1. The van der Waals surface area contributed by atoms with Crippen molar-refractivity contribution >= 4 is 11.6 Å². The number of aromatic nitrogens is 4. The molecule has 1 amide bonds. The van der Waals surface area contributed by atoms with Crippen molar-refractivity contribution in [1.29, 1.82) is 0 Å². The molecule has 0 saturated heterocycles. The molecule has 0 fully saturated rings. The number of ether oxygens (including phenoxy) is 1. The number of tetrazole rings is 1. The summed E-state index contributed by atoms with van der Waals surface area (Å²) in [6.45, 7) is 0. The number of halogens is 1. The molecule has 0 aliphatic rings. The van der Waals surface area contributed by atoms with E-state index in [2.05, 4.69) is 20.8 Å². The van der Waals surface area contributed by atoms with Gasteiger partial charge in [-0.15, -0.1) is 5.10 Å². The van der Waals surface area contributed by atoms with E-state index in [0.29, 0.717) is 17.1 Å². The molecule has 0 aliphatic carbocycles. The summed E-state index contributed by atoms with van der Waals surface area (Å²) in [6.07, 6.45) is 1.40. The van der Waals surface area contributed by atoms with Crippen molar-refractivity contribution < 1.29 is 13.9 Å². The number of hydrogen-bond acceptors (Lipinski definition) is 5. The van der Waals surface area contributed by atoms with E-state index in [-0.39, 0.29) is 5.56 Å². The lowest BCUT2D eigenvalue weighted by Gasteiger charge is -2.12. The van der Waals surface area contributed by atoms with Gasteiger partial charge in [-0.05, 0) is 40.8 Å². The molecule has 1 aromatic heterocycles. The Hall–Kier alpha value is -3.29. The second-order valence-corrected chi connectivity index (χ2v) is 4.60. The minimum absolute atomic E-state index is 0.204. The molecule has 0 spiro atoms. The summed E-state index contributed by atoms with van der Waals surface area (Å²) in [4.78, 5) is 12.3. The highest BCUT2D eigenvalue weighted by atomic mass is 19.1. The monoisotopic (exact) mass is 313 g/mol. The lowest BCUT2D eigenvalue weighted by Crippen LogP contribution is -2.14. The maximum atomic E-state index is 13.3. The van der Waals surface area contributed by atoms with Crippen LogP contribution in [0.15, 0.2) is 48.8 Å². The molecule has 3 rings (SSSR count). The molecule has 0 radical (unpaired) electrons. The molecule has 8 heteroatoms. The summed E-state index contributed by atoms with van der Waals surface area (Å²) in [7, 11) is 1.52. The molecule has 116 valence electrons. The van der Waals surface area contributed by atoms with E-state index in [9.17, 15) is 9.18 Å². The predicted molar refractivity (Wildman–Crippen MR) is 80.1 cm³/mol. The van der Waals surface area contributed by atoms with Gasteiger partial charge in [0.2, 0.25) is 0 Å². The second kappa shape index (κ2) is 6.22. The SMILES string of the molecule is COc1ccc(-n2cnnn2)c(NC(=O)c2cccc(F)c2)c1. The first-order valence-corrected chi connectivity index (χ1v) is 6.65. The van der Waals surface area contributed by atoms with Crippen LogP contribution in [0.5, 0.6) is 5.75 Å². The molecule has 3 aromatic rings. The van der Waals surface area contributed by atoms with Crippen molar-refractivity contribution in [3.05, 3.63) is 60.2 Å². The molecule has 2 aromatic carbocycles. The highest BCUT2D eigenvalue weighted by molar-refractivity contribution is 6.05. The van der Waals surface area contributed by atoms with Crippen LogP contribution < -0.4 is 10.1 Å². The van der Waals surface area contributed by atoms with E-state index in [4.69, 9.17) is 4.74 Å². The molecule has 0 unspecified atom stereocenters. The topological polar surface area (TPSA) is 81.9 Å². The lowest BCUT2D eigenvalue weighted by atomic mass is 10.2. The third kappa shape index (κ3) is 3.15. The summed E-state index contributed by atoms with van der Waals surface area (Å²) in [5, 5.41) is 13.7. The predicted octanol–water partition coefficient (Wildman–Crippen LogP) is 2.06. The van der Waals surface area contributed by atoms with Gasteiger partial charge in [-0.3, -0.25) is 4.79 Å². The molecule has 7 nitrogen and oxygen atoms in total. The number of carbonyl (C=O) groups is 1. The van der Waals surface area contributed by atoms with E-state index in [1.165, 1.54) is 36.3 Å². The fourth-order valence-electron chi connectivity index (χ4n) is 2.04. The average molecular weight is 313 g/mol. The fraction of sp³-hybridized carbons (Fsp3) is 0.0667. The van der Waals surface area contributed by atoms with Crippen LogP contribution in [-0.4, -0.2) is 33.2 Å². The van der Waals surface area contributed by atoms with E-state index < -0.39 is 11.7 Å². The molecular formula is C15H12FN5O2. The zero-order valence-corrected chi connectivity index (χ0v) is 12.1. The maximum absolute atomic E-state index is 13.3. The van der Waals surface area contributed by atoms with Crippen LogP contribution >= 0.6 is 0 Å². The number of hydrogen-bond donors (Lipinski definition) is 1. The van der Waals surface area contributed by atoms with Gasteiger partial charge in [-0.25, -0.2) is 4.39 Å². The van der Waals surface area contributed by atoms with Gasteiger partial charge in [0.05, 0.1) is 18.5 Å². The normalized spacial score (nSPS) is 10.3. The van der Waals surface area contributed by atoms with Gasteiger partial charge >= 0.3 is 0 Å². The Balaban J connectivity index is 1.96. The minimum Gasteiger partial charge on any atom is -0.497 e. The maximum Gasteiger partial charge on any atom is 0.255 e. The van der Waals surface area contributed by atoms with Gasteiger partial charge in [0.25, 0.3) is 5.91 Å². The molecule has 23 heavy (non-hydrogen) atoms. The summed E-state index contributed by atoms with van der Waals surface area (Å²) >= 11 is 0. The number of nitrogens with one attached hydrogen (secondary N) is 1. The Morgan fingerprint density at radius 1 is 1.26 bits per heavy atom. The van der Waals surface area contributed by atoms with Gasteiger partial charge in [0.15, 0.2) is 0 Å². The number of benzene rings is 2. The van der Waals surface area contributed by atoms with Gasteiger partial charge in [0.1, 0.15) is 17.9 Å². The first kappa shape index (κ1) is 14.6. The van der Waals surface area contributed by atoms with E-state index in [0.717, 1.165) is 6.07 Å². The van der Waals surface area contributed by atoms with Crippen molar-refractivity contribution in [1.82, 2.24) is 20.2 Å². The zero-order chi connectivity index (χ0) is 16.2. The van der Waals surface area contributed by atoms with Crippen molar-refractivity contribution in [2.45, 2.75) is 0 Å². The molecule has 1 heterocycles. The molecule has 0 atom stereocenters. The first-order valence-electron chi connectivity index (χ1n) is 6.65. The quantitative estimate of drug-likeness (QED) is 0.797. The van der Waals surface area contributed by atoms with Gasteiger partial charge in [-0.2, -0.15) is 4.68 Å². The Labute approximate surface area is 130 Å². The van der Waals surface area contributed by atoms with E-state index >= 15 is 0 Å². The Morgan fingerprint density at radius 2 is 2.13 bits per heavy atom. The van der Waals surface area contributed by atoms with Crippen LogP contribution in [0.25, 0.3) is 5.69 Å². The molecular weight excluding hydrogens is 301 g/mol. The van der Waals surface area contributed by atoms with Gasteiger partial charge < -0.3 is 10.1 Å². The largest absolute Gasteiger partial charge is 0.497 e. The second-order valence-electron chi connectivity index (χ2n) is 4.60.